The predicted octanol–water partition coefficient (Wildman–Crippen LogP) is 3.87. The van der Waals surface area contributed by atoms with Crippen molar-refractivity contribution in [2.45, 2.75) is 45.9 Å². The number of aliphatic hydroxyl groups is 1. The maximum atomic E-state index is 12.4. The first-order valence-electron chi connectivity index (χ1n) is 8.67. The lowest BCUT2D eigenvalue weighted by Crippen LogP contribution is -2.31. The molecule has 0 atom stereocenters. The minimum absolute atomic E-state index is 0.0191. The van der Waals surface area contributed by atoms with Crippen LogP contribution >= 0.6 is 0 Å². The average Bonchev–Trinajstić information content (AvgIpc) is 2.59. The number of benzene rings is 1. The predicted molar refractivity (Wildman–Crippen MR) is 103 cm³/mol. The van der Waals surface area contributed by atoms with Gasteiger partial charge in [0, 0.05) is 23.4 Å². The molecule has 0 aliphatic rings. The topological polar surface area (TPSA) is 95.3 Å². The molecule has 0 saturated carbocycles. The second-order valence-electron chi connectivity index (χ2n) is 7.09. The van der Waals surface area contributed by atoms with Gasteiger partial charge in [0.25, 0.3) is 0 Å². The van der Waals surface area contributed by atoms with Crippen LogP contribution in [0.25, 0.3) is 0 Å². The fraction of sp³-hybridized carbons (Fsp3) is 0.350. The van der Waals surface area contributed by atoms with Crippen molar-refractivity contribution in [2.75, 3.05) is 5.32 Å². The molecule has 2 rings (SSSR count). The highest BCUT2D eigenvalue weighted by Crippen LogP contribution is 2.24. The molecule has 0 spiro atoms. The molecule has 0 aliphatic carbocycles. The number of alkyl halides is 2. The zero-order valence-electron chi connectivity index (χ0n) is 16.1. The van der Waals surface area contributed by atoms with Crippen LogP contribution in [0.4, 0.5) is 14.5 Å². The lowest BCUT2D eigenvalue weighted by Gasteiger charge is -2.19. The number of pyridine rings is 1. The van der Waals surface area contributed by atoms with Crippen molar-refractivity contribution in [2.24, 2.45) is 0 Å². The van der Waals surface area contributed by atoms with E-state index in [1.807, 2.05) is 13.8 Å². The van der Waals surface area contributed by atoms with Crippen LogP contribution in [-0.2, 0) is 0 Å². The Kier molecular flexibility index (Phi) is 6.45. The number of hydrogen-bond donors (Lipinski definition) is 3. The van der Waals surface area contributed by atoms with Crippen LogP contribution in [0.15, 0.2) is 36.5 Å². The van der Waals surface area contributed by atoms with Crippen molar-refractivity contribution in [1.29, 1.82) is 5.41 Å². The molecule has 1 aromatic heterocycles. The Bertz CT molecular complexity index is 877. The van der Waals surface area contributed by atoms with Gasteiger partial charge in [0.15, 0.2) is 5.78 Å². The van der Waals surface area contributed by atoms with Gasteiger partial charge < -0.3 is 15.2 Å². The largest absolute Gasteiger partial charge is 0.435 e. The smallest absolute Gasteiger partial charge is 0.387 e. The summed E-state index contributed by atoms with van der Waals surface area (Å²) < 4.78 is 29.3. The Morgan fingerprint density at radius 1 is 1.25 bits per heavy atom. The first-order valence-corrected chi connectivity index (χ1v) is 8.67. The lowest BCUT2D eigenvalue weighted by molar-refractivity contribution is -0.0498. The van der Waals surface area contributed by atoms with Crippen molar-refractivity contribution in [3.63, 3.8) is 0 Å². The minimum atomic E-state index is -2.96. The number of rotatable bonds is 8. The van der Waals surface area contributed by atoms with Gasteiger partial charge in [-0.15, -0.1) is 0 Å². The zero-order chi connectivity index (χ0) is 21.1. The Morgan fingerprint density at radius 2 is 1.93 bits per heavy atom. The minimum Gasteiger partial charge on any atom is -0.435 e. The molecule has 6 nitrogen and oxygen atoms in total. The third-order valence-electron chi connectivity index (χ3n) is 3.73. The first kappa shape index (κ1) is 21.4. The number of ketones is 1. The van der Waals surface area contributed by atoms with Gasteiger partial charge in [-0.1, -0.05) is 12.1 Å². The number of halogens is 2. The number of nitrogens with one attached hydrogen (secondary N) is 2. The summed E-state index contributed by atoms with van der Waals surface area (Å²) in [5.74, 6) is -0.568. The van der Waals surface area contributed by atoms with Crippen molar-refractivity contribution >= 4 is 17.2 Å². The molecule has 0 unspecified atom stereocenters. The quantitative estimate of drug-likeness (QED) is 0.469. The van der Waals surface area contributed by atoms with E-state index in [1.165, 1.54) is 44.3 Å². The molecule has 0 saturated heterocycles. The second-order valence-corrected chi connectivity index (χ2v) is 7.09. The molecule has 0 amide bonds. The summed E-state index contributed by atoms with van der Waals surface area (Å²) in [6.07, 6.45) is 1.29. The van der Waals surface area contributed by atoms with E-state index in [4.69, 9.17) is 5.41 Å². The number of carbonyl (C=O) groups excluding carboxylic acids is 1. The van der Waals surface area contributed by atoms with Crippen LogP contribution in [0.5, 0.6) is 5.75 Å². The van der Waals surface area contributed by atoms with Crippen LogP contribution in [0.3, 0.4) is 0 Å². The fourth-order valence-electron chi connectivity index (χ4n) is 2.53. The number of nitrogens with zero attached hydrogens (tertiary/aromatic N) is 1. The number of aromatic nitrogens is 1. The Morgan fingerprint density at radius 3 is 2.50 bits per heavy atom. The van der Waals surface area contributed by atoms with Crippen molar-refractivity contribution in [3.8, 4) is 5.75 Å². The van der Waals surface area contributed by atoms with Crippen LogP contribution < -0.4 is 10.1 Å². The highest BCUT2D eigenvalue weighted by molar-refractivity contribution is 6.13. The zero-order valence-corrected chi connectivity index (χ0v) is 16.1. The number of ether oxygens (including phenoxy) is 1. The molecule has 150 valence electrons. The van der Waals surface area contributed by atoms with E-state index in [9.17, 15) is 18.7 Å². The lowest BCUT2D eigenvalue weighted by atomic mass is 9.96. The van der Waals surface area contributed by atoms with E-state index in [-0.39, 0.29) is 28.8 Å². The Labute approximate surface area is 162 Å². The summed E-state index contributed by atoms with van der Waals surface area (Å²) in [6, 6.07) is 7.28. The maximum Gasteiger partial charge on any atom is 0.387 e. The van der Waals surface area contributed by atoms with E-state index in [0.29, 0.717) is 11.3 Å². The second kappa shape index (κ2) is 8.43. The van der Waals surface area contributed by atoms with Gasteiger partial charge >= 0.3 is 6.61 Å². The van der Waals surface area contributed by atoms with Crippen LogP contribution in [0.1, 0.15) is 49.3 Å². The Balaban J connectivity index is 2.46. The summed E-state index contributed by atoms with van der Waals surface area (Å²) in [6.45, 7) is 3.57. The van der Waals surface area contributed by atoms with Gasteiger partial charge in [-0.2, -0.15) is 8.78 Å². The molecule has 1 aromatic carbocycles. The fourth-order valence-corrected chi connectivity index (χ4v) is 2.53. The van der Waals surface area contributed by atoms with Gasteiger partial charge in [0.1, 0.15) is 17.0 Å². The van der Waals surface area contributed by atoms with E-state index in [1.54, 1.807) is 6.07 Å². The Hall–Kier alpha value is -2.87. The number of Topliss-reactive ketones (excluding diaryl/α,β-unsaturated/α-hetero) is 1. The van der Waals surface area contributed by atoms with Crippen LogP contribution in [-0.4, -0.2) is 39.8 Å². The van der Waals surface area contributed by atoms with E-state index >= 15 is 0 Å². The van der Waals surface area contributed by atoms with Crippen LogP contribution in [0, 0.1) is 5.41 Å². The SMILES string of the molecule is CC(C)Nc1cc(C(=O)C(C)(C)O)cnc1C(=N)c1cccc(OC(F)F)c1. The summed E-state index contributed by atoms with van der Waals surface area (Å²) in [5.41, 5.74) is -0.385. The molecule has 0 bridgehead atoms. The molecular formula is C20H23F2N3O3. The third kappa shape index (κ3) is 5.32. The maximum absolute atomic E-state index is 12.4. The molecule has 0 aliphatic heterocycles. The number of hydrogen-bond acceptors (Lipinski definition) is 6. The van der Waals surface area contributed by atoms with E-state index in [0.717, 1.165) is 0 Å². The molecule has 3 N–H and O–H groups in total. The summed E-state index contributed by atoms with van der Waals surface area (Å²) in [5, 5.41) is 21.5. The van der Waals surface area contributed by atoms with Gasteiger partial charge in [-0.25, -0.2) is 0 Å². The molecular weight excluding hydrogens is 368 g/mol. The van der Waals surface area contributed by atoms with Gasteiger partial charge in [0.05, 0.1) is 11.4 Å². The number of anilines is 1. The highest BCUT2D eigenvalue weighted by atomic mass is 19.3. The molecule has 28 heavy (non-hydrogen) atoms. The highest BCUT2D eigenvalue weighted by Gasteiger charge is 2.27. The molecule has 0 fully saturated rings. The van der Waals surface area contributed by atoms with Crippen molar-refractivity contribution in [1.82, 2.24) is 4.98 Å². The molecule has 0 radical (unpaired) electrons. The molecule has 1 heterocycles. The molecule has 2 aromatic rings. The first-order chi connectivity index (χ1) is 13.0. The van der Waals surface area contributed by atoms with E-state index in [2.05, 4.69) is 15.0 Å². The molecule has 8 heteroatoms. The normalized spacial score (nSPS) is 11.6. The van der Waals surface area contributed by atoms with Crippen LogP contribution in [0.2, 0.25) is 0 Å². The van der Waals surface area contributed by atoms with Crippen molar-refractivity contribution in [3.05, 3.63) is 53.3 Å². The summed E-state index contributed by atoms with van der Waals surface area (Å²) in [4.78, 5) is 16.6. The monoisotopic (exact) mass is 391 g/mol. The standard InChI is InChI=1S/C20H23F2N3O3/c1-11(2)25-15-9-13(18(26)20(3,4)27)10-24-17(15)16(23)12-6-5-7-14(8-12)28-19(21)22/h5-11,19,23,25,27H,1-4H3. The summed E-state index contributed by atoms with van der Waals surface area (Å²) >= 11 is 0. The van der Waals surface area contributed by atoms with Crippen molar-refractivity contribution < 1.29 is 23.4 Å². The van der Waals surface area contributed by atoms with Gasteiger partial charge in [0.2, 0.25) is 0 Å². The van der Waals surface area contributed by atoms with Gasteiger partial charge in [-0.05, 0) is 45.9 Å². The average molecular weight is 391 g/mol. The summed E-state index contributed by atoms with van der Waals surface area (Å²) in [7, 11) is 0. The number of carbonyl (C=O) groups is 1. The van der Waals surface area contributed by atoms with Gasteiger partial charge in [-0.3, -0.25) is 15.2 Å². The third-order valence-corrected chi connectivity index (χ3v) is 3.73. The van der Waals surface area contributed by atoms with E-state index < -0.39 is 18.0 Å².